The van der Waals surface area contributed by atoms with Crippen LogP contribution in [-0.4, -0.2) is 18.6 Å². The molecule has 0 aromatic heterocycles. The van der Waals surface area contributed by atoms with Gasteiger partial charge < -0.3 is 0 Å². The first-order valence-electron chi connectivity index (χ1n) is 2.37. The fourth-order valence-corrected chi connectivity index (χ4v) is 1.15. The molecule has 0 saturated carbocycles. The predicted molar refractivity (Wildman–Crippen MR) is 35.4 cm³/mol. The van der Waals surface area contributed by atoms with Crippen molar-refractivity contribution < 1.29 is 4.18 Å². The van der Waals surface area contributed by atoms with Gasteiger partial charge in [0.15, 0.2) is 0 Å². The summed E-state index contributed by atoms with van der Waals surface area (Å²) >= 11 is 0.154. The Kier molecular flexibility index (Phi) is 3.48. The third-order valence-electron chi connectivity index (χ3n) is 0.385. The first-order chi connectivity index (χ1) is 3.13. The van der Waals surface area contributed by atoms with Crippen LogP contribution in [0.15, 0.2) is 0 Å². The number of rotatable bonds is 2. The molecule has 0 amide bonds. The van der Waals surface area contributed by atoms with E-state index < -0.39 is 0 Å². The van der Waals surface area contributed by atoms with Crippen LogP contribution in [0.3, 0.4) is 0 Å². The van der Waals surface area contributed by atoms with Gasteiger partial charge in [0.05, 0.1) is 0 Å². The predicted octanol–water partition coefficient (Wildman–Crippen LogP) is 1.20. The average Bonchev–Trinajstić information content (AvgIpc) is 1.27. The summed E-state index contributed by atoms with van der Waals surface area (Å²) in [7, 11) is 0. The molecule has 0 atom stereocenters. The second-order valence-electron chi connectivity index (χ2n) is 1.89. The molecule has 0 unspecified atom stereocenters. The minimum Gasteiger partial charge on any atom is -0.172 e. The van der Waals surface area contributed by atoms with Gasteiger partial charge in [0.25, 0.3) is 0 Å². The maximum absolute atomic E-state index is 5.28. The summed E-state index contributed by atoms with van der Waals surface area (Å²) in [4.78, 5) is 0. The molecule has 0 heterocycles. The first-order valence-corrected chi connectivity index (χ1v) is 4.34. The van der Waals surface area contributed by atoms with Gasteiger partial charge in [-0.2, -0.15) is 4.18 Å². The third kappa shape index (κ3) is 6.31. The van der Waals surface area contributed by atoms with Crippen LogP contribution in [0.2, 0.25) is 0 Å². The summed E-state index contributed by atoms with van der Waals surface area (Å²) in [6.45, 7) is 4.10. The summed E-state index contributed by atoms with van der Waals surface area (Å²) < 4.78 is 5.28. The van der Waals surface area contributed by atoms with Gasteiger partial charge in [0, 0.05) is 0 Å². The molecule has 0 radical (unpaired) electrons. The summed E-state index contributed by atoms with van der Waals surface area (Å²) in [5.74, 6) is 0. The smallest absolute Gasteiger partial charge is 0.141 e. The van der Waals surface area contributed by atoms with Crippen LogP contribution in [-0.2, 0) is 15.4 Å². The zero-order chi connectivity index (χ0) is 5.86. The van der Waals surface area contributed by atoms with Crippen molar-refractivity contribution in [2.75, 3.05) is 12.5 Å². The maximum Gasteiger partial charge on any atom is 0.141 e. The van der Waals surface area contributed by atoms with Crippen molar-refractivity contribution >= 4 is 11.2 Å². The maximum atomic E-state index is 5.28. The molecule has 0 bridgehead atoms. The van der Waals surface area contributed by atoms with E-state index in [1.807, 2.05) is 13.8 Å². The highest BCUT2D eigenvalue weighted by atomic mass is 32.2. The molecular formula is C5H13OS+. The van der Waals surface area contributed by atoms with Gasteiger partial charge in [-0.3, -0.25) is 0 Å². The minimum absolute atomic E-state index is 0.154. The zero-order valence-electron chi connectivity index (χ0n) is 5.39. The molecule has 0 saturated heterocycles. The van der Waals surface area contributed by atoms with Crippen LogP contribution < -0.4 is 0 Å². The van der Waals surface area contributed by atoms with Gasteiger partial charge in [0.2, 0.25) is 0 Å². The number of hydrogen-bond donors (Lipinski definition) is 0. The number of hydrogen-bond acceptors (Lipinski definition) is 1. The van der Waals surface area contributed by atoms with E-state index in [9.17, 15) is 0 Å². The largest absolute Gasteiger partial charge is 0.172 e. The Bertz CT molecular complexity index is 37.3. The van der Waals surface area contributed by atoms with Crippen molar-refractivity contribution in [1.82, 2.24) is 0 Å². The van der Waals surface area contributed by atoms with E-state index in [2.05, 4.69) is 12.5 Å². The monoisotopic (exact) mass is 121 g/mol. The van der Waals surface area contributed by atoms with E-state index >= 15 is 0 Å². The molecule has 0 spiro atoms. The first kappa shape index (κ1) is 7.31. The van der Waals surface area contributed by atoms with E-state index in [0.717, 1.165) is 0 Å². The van der Waals surface area contributed by atoms with Crippen LogP contribution in [0.1, 0.15) is 13.8 Å². The summed E-state index contributed by atoms with van der Waals surface area (Å²) in [5, 5.41) is 0. The molecule has 0 aliphatic rings. The molecule has 2 heteroatoms. The lowest BCUT2D eigenvalue weighted by atomic mass is 10.5. The highest BCUT2D eigenvalue weighted by molar-refractivity contribution is 7.90. The van der Waals surface area contributed by atoms with E-state index in [4.69, 9.17) is 4.18 Å². The summed E-state index contributed by atoms with van der Waals surface area (Å²) in [5.41, 5.74) is 0. The van der Waals surface area contributed by atoms with Crippen LogP contribution >= 0.6 is 0 Å². The van der Waals surface area contributed by atoms with E-state index in [0.29, 0.717) is 6.10 Å². The quantitative estimate of drug-likeness (QED) is 0.499. The molecule has 0 N–H and O–H groups in total. The lowest BCUT2D eigenvalue weighted by molar-refractivity contribution is 0.282. The molecule has 0 rings (SSSR count). The van der Waals surface area contributed by atoms with Crippen LogP contribution in [0.25, 0.3) is 0 Å². The molecule has 1 nitrogen and oxygen atoms in total. The van der Waals surface area contributed by atoms with Crippen molar-refractivity contribution in [3.8, 4) is 0 Å². The lowest BCUT2D eigenvalue weighted by Gasteiger charge is -1.97. The fourth-order valence-electron chi connectivity index (χ4n) is 0.385. The van der Waals surface area contributed by atoms with Crippen molar-refractivity contribution in [3.05, 3.63) is 0 Å². The second-order valence-corrected chi connectivity index (χ2v) is 3.56. The van der Waals surface area contributed by atoms with Crippen molar-refractivity contribution in [2.45, 2.75) is 20.0 Å². The second kappa shape index (κ2) is 3.33. The highest BCUT2D eigenvalue weighted by Gasteiger charge is 2.04. The standard InChI is InChI=1S/C5H13OS/c1-5(2)6-7(3)4/h5H,1-4H3/q+1. The highest BCUT2D eigenvalue weighted by Crippen LogP contribution is 1.93. The Morgan fingerprint density at radius 3 is 1.71 bits per heavy atom. The summed E-state index contributed by atoms with van der Waals surface area (Å²) in [6, 6.07) is 0. The van der Waals surface area contributed by atoms with Crippen molar-refractivity contribution in [2.24, 2.45) is 0 Å². The third-order valence-corrected chi connectivity index (χ3v) is 1.15. The molecule has 0 aromatic carbocycles. The van der Waals surface area contributed by atoms with E-state index in [-0.39, 0.29) is 11.2 Å². The molecule has 0 aliphatic carbocycles. The van der Waals surface area contributed by atoms with Gasteiger partial charge in [-0.25, -0.2) is 0 Å². The Balaban J connectivity index is 2.95. The Labute approximate surface area is 48.6 Å². The average molecular weight is 121 g/mol. The SMILES string of the molecule is CC(C)O[S+](C)C. The Hall–Kier alpha value is 0.310. The molecule has 7 heavy (non-hydrogen) atoms. The van der Waals surface area contributed by atoms with E-state index in [1.54, 1.807) is 0 Å². The molecule has 0 fully saturated rings. The Morgan fingerprint density at radius 1 is 1.29 bits per heavy atom. The lowest BCUT2D eigenvalue weighted by Crippen LogP contribution is -2.08. The fraction of sp³-hybridized carbons (Fsp3) is 1.00. The van der Waals surface area contributed by atoms with Crippen molar-refractivity contribution in [3.63, 3.8) is 0 Å². The minimum atomic E-state index is 0.154. The topological polar surface area (TPSA) is 9.23 Å². The normalized spacial score (nSPS) is 11.1. The van der Waals surface area contributed by atoms with Gasteiger partial charge in [-0.05, 0) is 13.8 Å². The molecule has 0 aromatic rings. The van der Waals surface area contributed by atoms with Gasteiger partial charge >= 0.3 is 0 Å². The van der Waals surface area contributed by atoms with Crippen LogP contribution in [0.4, 0.5) is 0 Å². The molecular weight excluding hydrogens is 108 g/mol. The van der Waals surface area contributed by atoms with Crippen LogP contribution in [0.5, 0.6) is 0 Å². The van der Waals surface area contributed by atoms with Crippen molar-refractivity contribution in [1.29, 1.82) is 0 Å². The summed E-state index contributed by atoms with van der Waals surface area (Å²) in [6.07, 6.45) is 4.53. The zero-order valence-corrected chi connectivity index (χ0v) is 6.21. The van der Waals surface area contributed by atoms with Gasteiger partial charge in [-0.1, -0.05) is 0 Å². The van der Waals surface area contributed by atoms with Crippen LogP contribution in [0, 0.1) is 0 Å². The Morgan fingerprint density at radius 2 is 1.71 bits per heavy atom. The van der Waals surface area contributed by atoms with E-state index in [1.165, 1.54) is 0 Å². The van der Waals surface area contributed by atoms with Gasteiger partial charge in [-0.15, -0.1) is 0 Å². The van der Waals surface area contributed by atoms with Gasteiger partial charge in [0.1, 0.15) is 29.8 Å². The molecule has 44 valence electrons. The molecule has 0 aliphatic heterocycles.